The van der Waals surface area contributed by atoms with E-state index in [0.717, 1.165) is 29.5 Å². The third-order valence-electron chi connectivity index (χ3n) is 7.02. The number of thioether (sulfide) groups is 1. The van der Waals surface area contributed by atoms with Gasteiger partial charge in [-0.15, -0.1) is 0 Å². The maximum absolute atomic E-state index is 13.4. The van der Waals surface area contributed by atoms with Crippen molar-refractivity contribution in [2.24, 2.45) is 4.99 Å². The Morgan fingerprint density at radius 1 is 0.896 bits per heavy atom. The number of anilines is 3. The number of amidine groups is 1. The number of nitrogens with zero attached hydrogens (tertiary/aromatic N) is 4. The summed E-state index contributed by atoms with van der Waals surface area (Å²) in [6.45, 7) is 4.19. The Morgan fingerprint density at radius 3 is 2.17 bits per heavy atom. The summed E-state index contributed by atoms with van der Waals surface area (Å²) in [6, 6.07) is 28.0. The predicted molar refractivity (Wildman–Crippen MR) is 190 cm³/mol. The number of hydrogen-bond acceptors (Lipinski definition) is 9. The Labute approximate surface area is 282 Å². The van der Waals surface area contributed by atoms with Crippen molar-refractivity contribution in [3.63, 3.8) is 0 Å². The molecule has 11 heteroatoms. The number of benzene rings is 4. The molecule has 1 aliphatic heterocycles. The van der Waals surface area contributed by atoms with Crippen LogP contribution in [0.2, 0.25) is 0 Å². The number of amides is 1. The number of nitrogens with two attached hydrogens (primary N) is 1. The minimum Gasteiger partial charge on any atom is -0.457 e. The number of rotatable bonds is 9. The van der Waals surface area contributed by atoms with E-state index in [1.807, 2.05) is 23.2 Å². The van der Waals surface area contributed by atoms with Crippen LogP contribution in [0.5, 0.6) is 11.5 Å². The van der Waals surface area contributed by atoms with Crippen LogP contribution in [0.4, 0.5) is 21.5 Å². The SMILES string of the molecule is C=C1N=C(SCc2ccc(F)cc2)N(c2ccc(C(=O)Nc3ccc(Oc4ccc(N)cc4)cc3)cc2)C=C1Cc1cncnc1.CO. The number of nitrogen functional groups attached to an aromatic ring is 1. The summed E-state index contributed by atoms with van der Waals surface area (Å²) in [5.41, 5.74) is 11.8. The van der Waals surface area contributed by atoms with Crippen molar-refractivity contribution in [1.82, 2.24) is 9.97 Å². The average Bonchev–Trinajstić information content (AvgIpc) is 3.12. The minimum atomic E-state index is -0.277. The number of halogens is 1. The van der Waals surface area contributed by atoms with E-state index in [1.165, 1.54) is 30.2 Å². The van der Waals surface area contributed by atoms with E-state index >= 15 is 0 Å². The molecule has 0 aliphatic carbocycles. The molecular formula is C37H33FN6O3S. The molecule has 4 N–H and O–H groups in total. The Hall–Kier alpha value is -5.78. The average molecular weight is 661 g/mol. The van der Waals surface area contributed by atoms with Gasteiger partial charge in [0.2, 0.25) is 0 Å². The second kappa shape index (κ2) is 16.2. The zero-order valence-electron chi connectivity index (χ0n) is 26.1. The van der Waals surface area contributed by atoms with Crippen molar-refractivity contribution in [3.8, 4) is 11.5 Å². The first-order chi connectivity index (χ1) is 23.4. The maximum Gasteiger partial charge on any atom is 0.255 e. The highest BCUT2D eigenvalue weighted by molar-refractivity contribution is 8.13. The van der Waals surface area contributed by atoms with Crippen molar-refractivity contribution < 1.29 is 19.0 Å². The second-order valence-corrected chi connectivity index (χ2v) is 11.3. The lowest BCUT2D eigenvalue weighted by atomic mass is 10.1. The molecule has 4 aromatic carbocycles. The Bertz CT molecular complexity index is 1900. The van der Waals surface area contributed by atoms with E-state index in [0.29, 0.717) is 51.5 Å². The van der Waals surface area contributed by atoms with E-state index in [1.54, 1.807) is 85.2 Å². The van der Waals surface area contributed by atoms with Crippen LogP contribution >= 0.6 is 11.8 Å². The highest BCUT2D eigenvalue weighted by atomic mass is 32.2. The monoisotopic (exact) mass is 660 g/mol. The molecule has 5 aromatic rings. The van der Waals surface area contributed by atoms with Crippen LogP contribution in [0, 0.1) is 5.82 Å². The van der Waals surface area contributed by atoms with Gasteiger partial charge < -0.3 is 20.9 Å². The fourth-order valence-corrected chi connectivity index (χ4v) is 5.55. The van der Waals surface area contributed by atoms with E-state index in [4.69, 9.17) is 20.6 Å². The number of aliphatic hydroxyl groups excluding tert-OH is 1. The largest absolute Gasteiger partial charge is 0.457 e. The standard InChI is InChI=1S/C36H29FN6O2S.CH4O/c1-24-28(18-26-19-39-23-40-20-26)21-43(36(41-24)46-22-25-2-6-29(37)7-3-25)32-12-4-27(5-13-32)35(44)42-31-10-16-34(17-11-31)45-33-14-8-30(38)9-15-33;1-2/h2-17,19-21,23H,1,18,22,38H2,(H,42,44);2H,1H3. The molecule has 9 nitrogen and oxygen atoms in total. The first-order valence-corrected chi connectivity index (χ1v) is 15.8. The first-order valence-electron chi connectivity index (χ1n) is 14.8. The van der Waals surface area contributed by atoms with E-state index < -0.39 is 0 Å². The molecule has 6 rings (SSSR count). The number of carbonyl (C=O) groups excluding carboxylic acids is 1. The zero-order valence-corrected chi connectivity index (χ0v) is 26.9. The number of carbonyl (C=O) groups is 1. The van der Waals surface area contributed by atoms with Crippen molar-refractivity contribution in [2.75, 3.05) is 23.1 Å². The van der Waals surface area contributed by atoms with Crippen molar-refractivity contribution >= 4 is 39.9 Å². The molecule has 1 amide bonds. The van der Waals surface area contributed by atoms with E-state index in [-0.39, 0.29) is 11.7 Å². The van der Waals surface area contributed by atoms with Gasteiger partial charge in [-0.3, -0.25) is 9.69 Å². The summed E-state index contributed by atoms with van der Waals surface area (Å²) in [5.74, 6) is 1.37. The minimum absolute atomic E-state index is 0.245. The summed E-state index contributed by atoms with van der Waals surface area (Å²) in [4.78, 5) is 28.1. The third-order valence-corrected chi connectivity index (χ3v) is 8.04. The number of ether oxygens (including phenoxy) is 1. The van der Waals surface area contributed by atoms with Crippen LogP contribution in [0.3, 0.4) is 0 Å². The van der Waals surface area contributed by atoms with E-state index in [2.05, 4.69) is 21.9 Å². The van der Waals surface area contributed by atoms with Crippen LogP contribution in [0.25, 0.3) is 0 Å². The molecule has 0 fully saturated rings. The second-order valence-electron chi connectivity index (χ2n) is 10.4. The highest BCUT2D eigenvalue weighted by Gasteiger charge is 2.21. The van der Waals surface area contributed by atoms with Crippen molar-refractivity contribution in [3.05, 3.63) is 162 Å². The number of hydrogen-bond donors (Lipinski definition) is 3. The van der Waals surface area contributed by atoms with Gasteiger partial charge in [-0.2, -0.15) is 0 Å². The molecule has 0 spiro atoms. The van der Waals surface area contributed by atoms with Crippen LogP contribution in [-0.2, 0) is 12.2 Å². The number of nitrogens with one attached hydrogen (secondary N) is 1. The fourth-order valence-electron chi connectivity index (χ4n) is 4.59. The first kappa shape index (κ1) is 33.6. The molecule has 48 heavy (non-hydrogen) atoms. The summed E-state index contributed by atoms with van der Waals surface area (Å²) >= 11 is 1.51. The maximum atomic E-state index is 13.4. The Morgan fingerprint density at radius 2 is 1.52 bits per heavy atom. The summed E-state index contributed by atoms with van der Waals surface area (Å²) in [6.07, 6.45) is 7.58. The molecule has 0 atom stereocenters. The van der Waals surface area contributed by atoms with Gasteiger partial charge in [0.1, 0.15) is 23.6 Å². The Kier molecular flexibility index (Phi) is 11.3. The zero-order chi connectivity index (χ0) is 33.9. The van der Waals surface area contributed by atoms with Gasteiger partial charge >= 0.3 is 0 Å². The molecule has 0 saturated heterocycles. The van der Waals surface area contributed by atoms with Gasteiger partial charge in [0.05, 0.1) is 5.70 Å². The number of aliphatic hydroxyl groups is 1. The van der Waals surface area contributed by atoms with Gasteiger partial charge in [-0.25, -0.2) is 19.4 Å². The molecule has 0 unspecified atom stereocenters. The van der Waals surface area contributed by atoms with Crippen LogP contribution < -0.4 is 20.7 Å². The lowest BCUT2D eigenvalue weighted by Gasteiger charge is -2.28. The van der Waals surface area contributed by atoms with E-state index in [9.17, 15) is 9.18 Å². The normalized spacial score (nSPS) is 12.3. The number of aromatic nitrogens is 2. The Balaban J connectivity index is 0.00000221. The van der Waals surface area contributed by atoms with Gasteiger partial charge in [-0.05, 0) is 102 Å². The molecular weight excluding hydrogens is 628 g/mol. The summed E-state index contributed by atoms with van der Waals surface area (Å²) in [7, 11) is 1.00. The summed E-state index contributed by atoms with van der Waals surface area (Å²) in [5, 5.41) is 10.6. The van der Waals surface area contributed by atoms with Gasteiger partial charge in [-0.1, -0.05) is 30.5 Å². The fraction of sp³-hybridized carbons (Fsp3) is 0.0811. The van der Waals surface area contributed by atoms with Crippen LogP contribution in [0.1, 0.15) is 21.5 Å². The number of allylic oxidation sites excluding steroid dienone is 1. The lowest BCUT2D eigenvalue weighted by molar-refractivity contribution is 0.102. The van der Waals surface area contributed by atoms with Gasteiger partial charge in [0.25, 0.3) is 5.91 Å². The molecule has 0 saturated carbocycles. The molecule has 2 heterocycles. The molecule has 0 radical (unpaired) electrons. The smallest absolute Gasteiger partial charge is 0.255 e. The third kappa shape index (κ3) is 8.93. The highest BCUT2D eigenvalue weighted by Crippen LogP contribution is 2.31. The van der Waals surface area contributed by atoms with Crippen molar-refractivity contribution in [2.45, 2.75) is 12.2 Å². The molecule has 1 aliphatic rings. The van der Waals surface area contributed by atoms with Crippen molar-refractivity contribution in [1.29, 1.82) is 0 Å². The van der Waals surface area contributed by atoms with Gasteiger partial charge in [0.15, 0.2) is 5.17 Å². The van der Waals surface area contributed by atoms with Gasteiger partial charge in [0, 0.05) is 60.5 Å². The molecule has 0 bridgehead atoms. The quantitative estimate of drug-likeness (QED) is 0.138. The summed E-state index contributed by atoms with van der Waals surface area (Å²) < 4.78 is 19.3. The topological polar surface area (TPSA) is 126 Å². The predicted octanol–water partition coefficient (Wildman–Crippen LogP) is 7.60. The number of aliphatic imine (C=N–C) groups is 1. The molecule has 1 aromatic heterocycles. The molecule has 242 valence electrons. The van der Waals surface area contributed by atoms with Crippen LogP contribution in [-0.4, -0.2) is 33.3 Å². The lowest BCUT2D eigenvalue weighted by Crippen LogP contribution is -2.27. The van der Waals surface area contributed by atoms with Crippen LogP contribution in [0.15, 0.2) is 145 Å².